The number of hydrogen-bond donors (Lipinski definition) is 1. The van der Waals surface area contributed by atoms with Crippen LogP contribution in [0.2, 0.25) is 5.02 Å². The van der Waals surface area contributed by atoms with E-state index in [1.54, 1.807) is 18.2 Å². The molecule has 8 heteroatoms. The Morgan fingerprint density at radius 3 is 2.27 bits per heavy atom. The zero-order valence-electron chi connectivity index (χ0n) is 14.3. The van der Waals surface area contributed by atoms with E-state index in [0.717, 1.165) is 0 Å². The second-order valence-electron chi connectivity index (χ2n) is 5.97. The summed E-state index contributed by atoms with van der Waals surface area (Å²) in [5.41, 5.74) is 0.356. The number of sulfone groups is 1. The summed E-state index contributed by atoms with van der Waals surface area (Å²) in [6, 6.07) is 10.7. The van der Waals surface area contributed by atoms with Gasteiger partial charge in [-0.25, -0.2) is 8.42 Å². The fourth-order valence-electron chi connectivity index (χ4n) is 2.72. The molecule has 1 aliphatic carbocycles. The van der Waals surface area contributed by atoms with Crippen LogP contribution in [0.5, 0.6) is 11.5 Å². The molecule has 1 fully saturated rings. The summed E-state index contributed by atoms with van der Waals surface area (Å²) in [5, 5.41) is 3.11. The number of carbonyl (C=O) groups excluding carboxylic acids is 1. The van der Waals surface area contributed by atoms with Crippen LogP contribution in [0.1, 0.15) is 12.8 Å². The van der Waals surface area contributed by atoms with Crippen molar-refractivity contribution in [1.29, 1.82) is 0 Å². The van der Waals surface area contributed by atoms with Crippen LogP contribution in [0.3, 0.4) is 0 Å². The van der Waals surface area contributed by atoms with Crippen LogP contribution in [0.15, 0.2) is 47.4 Å². The van der Waals surface area contributed by atoms with E-state index in [1.807, 2.05) is 0 Å². The van der Waals surface area contributed by atoms with Gasteiger partial charge >= 0.3 is 0 Å². The van der Waals surface area contributed by atoms with E-state index in [-0.39, 0.29) is 17.7 Å². The first-order chi connectivity index (χ1) is 12.3. The van der Waals surface area contributed by atoms with Crippen molar-refractivity contribution in [1.82, 2.24) is 0 Å². The molecule has 0 atom stereocenters. The number of amides is 1. The summed E-state index contributed by atoms with van der Waals surface area (Å²) < 4.78 is 34.9. The molecule has 2 aromatic rings. The topological polar surface area (TPSA) is 81.7 Å². The zero-order valence-corrected chi connectivity index (χ0v) is 15.9. The quantitative estimate of drug-likeness (QED) is 0.811. The van der Waals surface area contributed by atoms with Gasteiger partial charge in [-0.15, -0.1) is 0 Å². The van der Waals surface area contributed by atoms with Crippen molar-refractivity contribution in [3.05, 3.63) is 47.5 Å². The van der Waals surface area contributed by atoms with Crippen LogP contribution in [-0.4, -0.2) is 33.3 Å². The standard InChI is InChI=1S/C18H18ClNO5S/c1-24-13-5-8-16(25-2)15(11-13)20-17(21)18(9-10-18)26(22,23)14-6-3-12(19)4-7-14/h3-8,11H,9-10H2,1-2H3,(H,20,21). The molecule has 3 rings (SSSR count). The first-order valence-electron chi connectivity index (χ1n) is 7.88. The van der Waals surface area contributed by atoms with Crippen molar-refractivity contribution < 1.29 is 22.7 Å². The maximum Gasteiger partial charge on any atom is 0.246 e. The van der Waals surface area contributed by atoms with Crippen molar-refractivity contribution in [3.63, 3.8) is 0 Å². The van der Waals surface area contributed by atoms with Crippen LogP contribution < -0.4 is 14.8 Å². The molecule has 1 amide bonds. The summed E-state index contributed by atoms with van der Waals surface area (Å²) >= 11 is 5.82. The van der Waals surface area contributed by atoms with Crippen molar-refractivity contribution >= 4 is 33.0 Å². The fourth-order valence-corrected chi connectivity index (χ4v) is 4.72. The van der Waals surface area contributed by atoms with Gasteiger partial charge in [0.25, 0.3) is 0 Å². The molecule has 0 aromatic heterocycles. The highest BCUT2D eigenvalue weighted by Gasteiger charge is 2.61. The predicted octanol–water partition coefficient (Wildman–Crippen LogP) is 3.30. The first kappa shape index (κ1) is 18.5. The van der Waals surface area contributed by atoms with E-state index in [1.165, 1.54) is 38.5 Å². The molecule has 0 unspecified atom stereocenters. The minimum atomic E-state index is -3.84. The van der Waals surface area contributed by atoms with Crippen molar-refractivity contribution in [2.75, 3.05) is 19.5 Å². The number of halogens is 1. The van der Waals surface area contributed by atoms with Gasteiger partial charge in [-0.1, -0.05) is 11.6 Å². The van der Waals surface area contributed by atoms with Gasteiger partial charge in [0.05, 0.1) is 24.8 Å². The maximum atomic E-state index is 13.0. The van der Waals surface area contributed by atoms with Gasteiger partial charge in [0.1, 0.15) is 11.5 Å². The highest BCUT2D eigenvalue weighted by Crippen LogP contribution is 2.48. The molecule has 6 nitrogen and oxygen atoms in total. The van der Waals surface area contributed by atoms with E-state index in [2.05, 4.69) is 5.32 Å². The minimum absolute atomic E-state index is 0.0761. The van der Waals surface area contributed by atoms with Gasteiger partial charge in [0.2, 0.25) is 5.91 Å². The number of hydrogen-bond acceptors (Lipinski definition) is 5. The van der Waals surface area contributed by atoms with Crippen LogP contribution in [-0.2, 0) is 14.6 Å². The average Bonchev–Trinajstić information content (AvgIpc) is 3.44. The largest absolute Gasteiger partial charge is 0.497 e. The minimum Gasteiger partial charge on any atom is -0.497 e. The molecule has 0 heterocycles. The van der Waals surface area contributed by atoms with E-state index in [4.69, 9.17) is 21.1 Å². The van der Waals surface area contributed by atoms with Crippen LogP contribution in [0.25, 0.3) is 0 Å². The maximum absolute atomic E-state index is 13.0. The Balaban J connectivity index is 1.91. The molecule has 138 valence electrons. The van der Waals surface area contributed by atoms with E-state index >= 15 is 0 Å². The van der Waals surface area contributed by atoms with Gasteiger partial charge in [0.15, 0.2) is 14.6 Å². The number of benzene rings is 2. The summed E-state index contributed by atoms with van der Waals surface area (Å²) in [6.45, 7) is 0. The lowest BCUT2D eigenvalue weighted by atomic mass is 10.2. The van der Waals surface area contributed by atoms with E-state index < -0.39 is 20.5 Å². The van der Waals surface area contributed by atoms with Gasteiger partial charge in [-0.05, 0) is 49.2 Å². The number of nitrogens with one attached hydrogen (secondary N) is 1. The lowest BCUT2D eigenvalue weighted by Crippen LogP contribution is -2.37. The Bertz CT molecular complexity index is 937. The molecule has 0 radical (unpaired) electrons. The van der Waals surface area contributed by atoms with Gasteiger partial charge in [0, 0.05) is 11.1 Å². The molecule has 1 saturated carbocycles. The fraction of sp³-hybridized carbons (Fsp3) is 0.278. The van der Waals surface area contributed by atoms with Gasteiger partial charge in [-0.3, -0.25) is 4.79 Å². The molecule has 0 bridgehead atoms. The summed E-state index contributed by atoms with van der Waals surface area (Å²) in [7, 11) is -0.874. The molecule has 2 aromatic carbocycles. The third kappa shape index (κ3) is 3.12. The summed E-state index contributed by atoms with van der Waals surface area (Å²) in [6.07, 6.45) is 0.520. The number of ether oxygens (including phenoxy) is 2. The highest BCUT2D eigenvalue weighted by atomic mass is 35.5. The Kier molecular flexibility index (Phi) is 4.86. The number of rotatable bonds is 6. The molecule has 1 N–H and O–H groups in total. The normalized spacial score (nSPS) is 15.2. The van der Waals surface area contributed by atoms with E-state index in [0.29, 0.717) is 22.2 Å². The number of anilines is 1. The second kappa shape index (κ2) is 6.81. The highest BCUT2D eigenvalue weighted by molar-refractivity contribution is 7.94. The van der Waals surface area contributed by atoms with Gasteiger partial charge in [-0.2, -0.15) is 0 Å². The Hall–Kier alpha value is -2.25. The smallest absolute Gasteiger partial charge is 0.246 e. The number of carbonyl (C=O) groups is 1. The second-order valence-corrected chi connectivity index (χ2v) is 8.67. The first-order valence-corrected chi connectivity index (χ1v) is 9.74. The zero-order chi connectivity index (χ0) is 18.9. The van der Waals surface area contributed by atoms with Crippen LogP contribution in [0, 0.1) is 0 Å². The molecule has 0 aliphatic heterocycles. The van der Waals surface area contributed by atoms with Crippen molar-refractivity contribution in [3.8, 4) is 11.5 Å². The third-order valence-corrected chi connectivity index (χ3v) is 7.18. The lowest BCUT2D eigenvalue weighted by Gasteiger charge is -2.18. The van der Waals surface area contributed by atoms with Crippen molar-refractivity contribution in [2.24, 2.45) is 0 Å². The van der Waals surface area contributed by atoms with Crippen LogP contribution >= 0.6 is 11.6 Å². The Labute approximate surface area is 157 Å². The van der Waals surface area contributed by atoms with Crippen LogP contribution in [0.4, 0.5) is 5.69 Å². The summed E-state index contributed by atoms with van der Waals surface area (Å²) in [5.74, 6) is 0.351. The lowest BCUT2D eigenvalue weighted by molar-refractivity contribution is -0.116. The average molecular weight is 396 g/mol. The predicted molar refractivity (Wildman–Crippen MR) is 98.8 cm³/mol. The Morgan fingerprint density at radius 1 is 1.08 bits per heavy atom. The Morgan fingerprint density at radius 2 is 1.73 bits per heavy atom. The number of methoxy groups -OCH3 is 2. The summed E-state index contributed by atoms with van der Waals surface area (Å²) in [4.78, 5) is 12.9. The molecule has 0 spiro atoms. The molecule has 0 saturated heterocycles. The monoisotopic (exact) mass is 395 g/mol. The molecule has 26 heavy (non-hydrogen) atoms. The molecular weight excluding hydrogens is 378 g/mol. The third-order valence-electron chi connectivity index (χ3n) is 4.41. The molecule has 1 aliphatic rings. The van der Waals surface area contributed by atoms with Gasteiger partial charge < -0.3 is 14.8 Å². The SMILES string of the molecule is COc1ccc(OC)c(NC(=O)C2(S(=O)(=O)c3ccc(Cl)cc3)CC2)c1. The van der Waals surface area contributed by atoms with E-state index in [9.17, 15) is 13.2 Å². The molecular formula is C18H18ClNO5S. The van der Waals surface area contributed by atoms with Crippen molar-refractivity contribution in [2.45, 2.75) is 22.5 Å².